The van der Waals surface area contributed by atoms with Crippen LogP contribution < -0.4 is 11.1 Å². The van der Waals surface area contributed by atoms with Gasteiger partial charge in [-0.15, -0.1) is 0 Å². The number of anilines is 2. The number of piperidine rings is 1. The Labute approximate surface area is 122 Å². The van der Waals surface area contributed by atoms with E-state index < -0.39 is 0 Å². The zero-order chi connectivity index (χ0) is 13.8. The summed E-state index contributed by atoms with van der Waals surface area (Å²) in [7, 11) is 0. The van der Waals surface area contributed by atoms with Gasteiger partial charge in [-0.05, 0) is 31.4 Å². The highest BCUT2D eigenvalue weighted by molar-refractivity contribution is 6.39. The number of carbonyl (C=O) groups excluding carboxylic acids is 1. The first-order valence-corrected chi connectivity index (χ1v) is 7.09. The van der Waals surface area contributed by atoms with Crippen molar-refractivity contribution in [3.8, 4) is 0 Å². The second kappa shape index (κ2) is 6.35. The second-order valence-electron chi connectivity index (χ2n) is 4.65. The molecule has 0 aromatic heterocycles. The molecule has 1 amide bonds. The molecule has 2 rings (SSSR count). The summed E-state index contributed by atoms with van der Waals surface area (Å²) in [5, 5.41) is 3.85. The predicted molar refractivity (Wildman–Crippen MR) is 79.8 cm³/mol. The SMILES string of the molecule is Nc1cc(Cl)c(NCC(=O)N2CCCCC2)c(Cl)c1. The van der Waals surface area contributed by atoms with Crippen molar-refractivity contribution in [1.29, 1.82) is 0 Å². The van der Waals surface area contributed by atoms with E-state index in [-0.39, 0.29) is 12.5 Å². The molecule has 0 bridgehead atoms. The van der Waals surface area contributed by atoms with Crippen molar-refractivity contribution in [3.05, 3.63) is 22.2 Å². The minimum absolute atomic E-state index is 0.0728. The predicted octanol–water partition coefficient (Wildman–Crippen LogP) is 3.00. The third-order valence-corrected chi connectivity index (χ3v) is 3.79. The van der Waals surface area contributed by atoms with Crippen LogP contribution in [0.2, 0.25) is 10.0 Å². The van der Waals surface area contributed by atoms with E-state index in [1.807, 2.05) is 4.90 Å². The monoisotopic (exact) mass is 301 g/mol. The van der Waals surface area contributed by atoms with Crippen LogP contribution in [0.5, 0.6) is 0 Å². The maximum absolute atomic E-state index is 12.0. The zero-order valence-corrected chi connectivity index (χ0v) is 12.1. The van der Waals surface area contributed by atoms with Crippen molar-refractivity contribution in [2.45, 2.75) is 19.3 Å². The fraction of sp³-hybridized carbons (Fsp3) is 0.462. The van der Waals surface area contributed by atoms with Gasteiger partial charge in [0.25, 0.3) is 0 Å². The number of hydrogen-bond donors (Lipinski definition) is 2. The van der Waals surface area contributed by atoms with E-state index in [1.165, 1.54) is 6.42 Å². The van der Waals surface area contributed by atoms with Gasteiger partial charge in [-0.25, -0.2) is 0 Å². The minimum atomic E-state index is 0.0728. The smallest absolute Gasteiger partial charge is 0.241 e. The molecule has 6 heteroatoms. The Kier molecular flexibility index (Phi) is 4.77. The number of amides is 1. The Balaban J connectivity index is 1.96. The lowest BCUT2D eigenvalue weighted by atomic mass is 10.1. The molecule has 0 saturated carbocycles. The number of nitrogens with one attached hydrogen (secondary N) is 1. The van der Waals surface area contributed by atoms with Crippen LogP contribution in [0.3, 0.4) is 0 Å². The van der Waals surface area contributed by atoms with Crippen molar-refractivity contribution in [3.63, 3.8) is 0 Å². The van der Waals surface area contributed by atoms with Crippen LogP contribution in [0.15, 0.2) is 12.1 Å². The molecule has 4 nitrogen and oxygen atoms in total. The Bertz CT molecular complexity index is 450. The molecule has 0 atom stereocenters. The summed E-state index contributed by atoms with van der Waals surface area (Å²) in [6, 6.07) is 3.22. The van der Waals surface area contributed by atoms with Gasteiger partial charge in [0.15, 0.2) is 0 Å². The van der Waals surface area contributed by atoms with Gasteiger partial charge in [0.2, 0.25) is 5.91 Å². The largest absolute Gasteiger partial charge is 0.399 e. The summed E-state index contributed by atoms with van der Waals surface area (Å²) in [4.78, 5) is 13.9. The molecule has 0 aliphatic carbocycles. The fourth-order valence-corrected chi connectivity index (χ4v) is 2.82. The Morgan fingerprint density at radius 1 is 1.21 bits per heavy atom. The van der Waals surface area contributed by atoms with Crippen molar-refractivity contribution in [2.24, 2.45) is 0 Å². The quantitative estimate of drug-likeness (QED) is 0.844. The lowest BCUT2D eigenvalue weighted by Gasteiger charge is -2.27. The molecule has 1 fully saturated rings. The molecule has 1 aromatic rings. The first-order valence-electron chi connectivity index (χ1n) is 6.34. The summed E-state index contributed by atoms with van der Waals surface area (Å²) < 4.78 is 0. The molecule has 1 saturated heterocycles. The highest BCUT2D eigenvalue weighted by atomic mass is 35.5. The van der Waals surface area contributed by atoms with Gasteiger partial charge >= 0.3 is 0 Å². The van der Waals surface area contributed by atoms with Crippen LogP contribution >= 0.6 is 23.2 Å². The van der Waals surface area contributed by atoms with Crippen LogP contribution in [0.4, 0.5) is 11.4 Å². The zero-order valence-electron chi connectivity index (χ0n) is 10.6. The first kappa shape index (κ1) is 14.3. The van der Waals surface area contributed by atoms with Gasteiger partial charge in [-0.2, -0.15) is 0 Å². The van der Waals surface area contributed by atoms with E-state index in [4.69, 9.17) is 28.9 Å². The molecule has 0 radical (unpaired) electrons. The number of hydrogen-bond acceptors (Lipinski definition) is 3. The van der Waals surface area contributed by atoms with Crippen LogP contribution in [0.1, 0.15) is 19.3 Å². The molecule has 1 aliphatic rings. The molecule has 104 valence electrons. The average Bonchev–Trinajstić information content (AvgIpc) is 2.38. The summed E-state index contributed by atoms with van der Waals surface area (Å²) in [5.41, 5.74) is 6.69. The number of rotatable bonds is 3. The normalized spacial score (nSPS) is 15.4. The van der Waals surface area contributed by atoms with Crippen molar-refractivity contribution < 1.29 is 4.79 Å². The third kappa shape index (κ3) is 3.67. The average molecular weight is 302 g/mol. The third-order valence-electron chi connectivity index (χ3n) is 3.19. The summed E-state index contributed by atoms with van der Waals surface area (Å²) in [5.74, 6) is 0.0728. The minimum Gasteiger partial charge on any atom is -0.399 e. The van der Waals surface area contributed by atoms with Gasteiger partial charge < -0.3 is 16.0 Å². The number of carbonyl (C=O) groups is 1. The highest BCUT2D eigenvalue weighted by Gasteiger charge is 2.17. The number of nitrogens with zero attached hydrogens (tertiary/aromatic N) is 1. The maximum atomic E-state index is 12.0. The Morgan fingerprint density at radius 3 is 2.37 bits per heavy atom. The van der Waals surface area contributed by atoms with Crippen LogP contribution in [0.25, 0.3) is 0 Å². The van der Waals surface area contributed by atoms with Gasteiger partial charge in [0.1, 0.15) is 0 Å². The molecular formula is C13H17Cl2N3O. The summed E-state index contributed by atoms with van der Waals surface area (Å²) >= 11 is 12.1. The summed E-state index contributed by atoms with van der Waals surface area (Å²) in [6.45, 7) is 1.87. The van der Waals surface area contributed by atoms with E-state index in [2.05, 4.69) is 5.32 Å². The number of nitrogens with two attached hydrogens (primary N) is 1. The van der Waals surface area contributed by atoms with E-state index in [0.29, 0.717) is 21.4 Å². The first-order chi connectivity index (χ1) is 9.08. The van der Waals surface area contributed by atoms with E-state index in [9.17, 15) is 4.79 Å². The van der Waals surface area contributed by atoms with Crippen molar-refractivity contribution >= 4 is 40.5 Å². The van der Waals surface area contributed by atoms with E-state index in [1.54, 1.807) is 12.1 Å². The molecule has 0 unspecified atom stereocenters. The molecule has 0 spiro atoms. The molecule has 19 heavy (non-hydrogen) atoms. The van der Waals surface area contributed by atoms with Crippen LogP contribution in [-0.2, 0) is 4.79 Å². The number of likely N-dealkylation sites (tertiary alicyclic amines) is 1. The molecular weight excluding hydrogens is 285 g/mol. The number of benzene rings is 1. The van der Waals surface area contributed by atoms with Gasteiger partial charge in [0.05, 0.1) is 22.3 Å². The van der Waals surface area contributed by atoms with Crippen LogP contribution in [-0.4, -0.2) is 30.4 Å². The lowest BCUT2D eigenvalue weighted by Crippen LogP contribution is -2.39. The lowest BCUT2D eigenvalue weighted by molar-refractivity contribution is -0.130. The Hall–Kier alpha value is -1.13. The van der Waals surface area contributed by atoms with Gasteiger partial charge in [0, 0.05) is 18.8 Å². The standard InChI is InChI=1S/C13H17Cl2N3O/c14-10-6-9(16)7-11(15)13(10)17-8-12(19)18-4-2-1-3-5-18/h6-7,17H,1-5,8,16H2. The molecule has 3 N–H and O–H groups in total. The highest BCUT2D eigenvalue weighted by Crippen LogP contribution is 2.32. The van der Waals surface area contributed by atoms with Crippen LogP contribution in [0, 0.1) is 0 Å². The van der Waals surface area contributed by atoms with E-state index >= 15 is 0 Å². The van der Waals surface area contributed by atoms with Crippen molar-refractivity contribution in [1.82, 2.24) is 4.90 Å². The van der Waals surface area contributed by atoms with Crippen molar-refractivity contribution in [2.75, 3.05) is 30.7 Å². The molecule has 1 aromatic carbocycles. The second-order valence-corrected chi connectivity index (χ2v) is 5.47. The number of nitrogen functional groups attached to an aromatic ring is 1. The molecule has 1 heterocycles. The van der Waals surface area contributed by atoms with Gasteiger partial charge in [-0.3, -0.25) is 4.79 Å². The van der Waals surface area contributed by atoms with Gasteiger partial charge in [-0.1, -0.05) is 23.2 Å². The molecule has 1 aliphatic heterocycles. The summed E-state index contributed by atoms with van der Waals surface area (Å²) in [6.07, 6.45) is 3.36. The maximum Gasteiger partial charge on any atom is 0.241 e. The van der Waals surface area contributed by atoms with E-state index in [0.717, 1.165) is 25.9 Å². The topological polar surface area (TPSA) is 58.4 Å². The number of halogens is 2. The Morgan fingerprint density at radius 2 is 1.79 bits per heavy atom. The fourth-order valence-electron chi connectivity index (χ4n) is 2.18.